The van der Waals surface area contributed by atoms with Crippen molar-refractivity contribution in [1.29, 1.82) is 0 Å². The molecule has 0 aliphatic carbocycles. The number of benzene rings is 1. The van der Waals surface area contributed by atoms with E-state index < -0.39 is 10.0 Å². The molecule has 2 atom stereocenters. The Morgan fingerprint density at radius 2 is 1.95 bits per heavy atom. The van der Waals surface area contributed by atoms with Gasteiger partial charge in [-0.2, -0.15) is 4.31 Å². The van der Waals surface area contributed by atoms with Crippen LogP contribution in [0.25, 0.3) is 0 Å². The van der Waals surface area contributed by atoms with Crippen LogP contribution in [0.1, 0.15) is 0 Å². The molecule has 2 unspecified atom stereocenters. The largest absolute Gasteiger partial charge is 0.495 e. The summed E-state index contributed by atoms with van der Waals surface area (Å²) in [4.78, 5) is 0.238. The van der Waals surface area contributed by atoms with E-state index in [-0.39, 0.29) is 4.90 Å². The zero-order valence-corrected chi connectivity index (χ0v) is 13.6. The molecule has 2 fully saturated rings. The summed E-state index contributed by atoms with van der Waals surface area (Å²) in [7, 11) is -2.00. The van der Waals surface area contributed by atoms with E-state index in [0.717, 1.165) is 17.6 Å². The molecule has 0 spiro atoms. The lowest BCUT2D eigenvalue weighted by atomic mass is 10.0. The van der Waals surface area contributed by atoms with Crippen LogP contribution in [-0.2, 0) is 10.0 Å². The smallest absolute Gasteiger partial charge is 0.246 e. The van der Waals surface area contributed by atoms with Crippen LogP contribution in [0.2, 0.25) is 0 Å². The minimum Gasteiger partial charge on any atom is -0.495 e. The molecule has 1 N–H and O–H groups in total. The predicted octanol–water partition coefficient (Wildman–Crippen LogP) is 1.30. The maximum atomic E-state index is 12.8. The normalized spacial score (nSPS) is 26.7. The topological polar surface area (TPSA) is 58.6 Å². The molecule has 0 bridgehead atoms. The van der Waals surface area contributed by atoms with Crippen molar-refractivity contribution in [3.05, 3.63) is 22.7 Å². The number of halogens is 1. The van der Waals surface area contributed by atoms with Gasteiger partial charge in [-0.15, -0.1) is 0 Å². The standard InChI is InChI=1S/C13H17BrN2O3S/c1-19-12-3-2-11(14)4-13(12)20(17,18)16-7-9-5-15-6-10(9)8-16/h2-4,9-10,15H,5-8H2,1H3. The Kier molecular flexibility index (Phi) is 3.79. The monoisotopic (exact) mass is 360 g/mol. The van der Waals surface area contributed by atoms with Gasteiger partial charge in [0.2, 0.25) is 10.0 Å². The second-order valence-electron chi connectivity index (χ2n) is 5.30. The Morgan fingerprint density at radius 3 is 2.55 bits per heavy atom. The second kappa shape index (κ2) is 5.29. The van der Waals surface area contributed by atoms with E-state index >= 15 is 0 Å². The number of fused-ring (bicyclic) bond motifs is 1. The maximum Gasteiger partial charge on any atom is 0.246 e. The fraction of sp³-hybridized carbons (Fsp3) is 0.538. The number of sulfonamides is 1. The summed E-state index contributed by atoms with van der Waals surface area (Å²) in [5, 5.41) is 3.31. The first kappa shape index (κ1) is 14.3. The van der Waals surface area contributed by atoms with Gasteiger partial charge in [-0.25, -0.2) is 8.42 Å². The molecular formula is C13H17BrN2O3S. The van der Waals surface area contributed by atoms with Crippen molar-refractivity contribution in [2.24, 2.45) is 11.8 Å². The molecule has 0 amide bonds. The van der Waals surface area contributed by atoms with Crippen molar-refractivity contribution in [2.75, 3.05) is 33.3 Å². The number of hydrogen-bond donors (Lipinski definition) is 1. The number of hydrogen-bond acceptors (Lipinski definition) is 4. The van der Waals surface area contributed by atoms with Gasteiger partial charge in [-0.3, -0.25) is 0 Å². The van der Waals surface area contributed by atoms with Gasteiger partial charge >= 0.3 is 0 Å². The van der Waals surface area contributed by atoms with Crippen molar-refractivity contribution < 1.29 is 13.2 Å². The first-order valence-electron chi connectivity index (χ1n) is 6.57. The highest BCUT2D eigenvalue weighted by atomic mass is 79.9. The van der Waals surface area contributed by atoms with Gasteiger partial charge in [0.25, 0.3) is 0 Å². The molecule has 110 valence electrons. The van der Waals surface area contributed by atoms with Gasteiger partial charge in [0.1, 0.15) is 10.6 Å². The van der Waals surface area contributed by atoms with Crippen LogP contribution >= 0.6 is 15.9 Å². The summed E-state index contributed by atoms with van der Waals surface area (Å²) in [5.74, 6) is 1.26. The highest BCUT2D eigenvalue weighted by Gasteiger charge is 2.42. The quantitative estimate of drug-likeness (QED) is 0.882. The summed E-state index contributed by atoms with van der Waals surface area (Å²) >= 11 is 3.33. The number of rotatable bonds is 3. The molecule has 1 aromatic rings. The Bertz CT molecular complexity index is 608. The van der Waals surface area contributed by atoms with Gasteiger partial charge in [-0.05, 0) is 43.1 Å². The van der Waals surface area contributed by atoms with Crippen LogP contribution in [0, 0.1) is 11.8 Å². The third kappa shape index (κ3) is 2.36. The first-order chi connectivity index (χ1) is 9.52. The van der Waals surface area contributed by atoms with E-state index in [0.29, 0.717) is 30.7 Å². The molecule has 0 radical (unpaired) electrons. The molecule has 1 aromatic carbocycles. The molecule has 0 aromatic heterocycles. The molecule has 2 saturated heterocycles. The first-order valence-corrected chi connectivity index (χ1v) is 8.80. The van der Waals surface area contributed by atoms with E-state index in [1.807, 2.05) is 0 Å². The molecule has 3 rings (SSSR count). The molecule has 0 saturated carbocycles. The van der Waals surface area contributed by atoms with Gasteiger partial charge in [0.05, 0.1) is 7.11 Å². The number of methoxy groups -OCH3 is 1. The van der Waals surface area contributed by atoms with E-state index in [4.69, 9.17) is 4.74 Å². The zero-order valence-electron chi connectivity index (χ0n) is 11.2. The van der Waals surface area contributed by atoms with E-state index in [1.165, 1.54) is 7.11 Å². The van der Waals surface area contributed by atoms with Crippen molar-refractivity contribution in [3.63, 3.8) is 0 Å². The van der Waals surface area contributed by atoms with Crippen LogP contribution in [0.3, 0.4) is 0 Å². The van der Waals surface area contributed by atoms with Crippen LogP contribution in [0.15, 0.2) is 27.6 Å². The van der Waals surface area contributed by atoms with Crippen LogP contribution in [0.5, 0.6) is 5.75 Å². The summed E-state index contributed by atoms with van der Waals surface area (Å²) in [6.07, 6.45) is 0. The third-order valence-electron chi connectivity index (χ3n) is 4.10. The lowest BCUT2D eigenvalue weighted by Gasteiger charge is -2.19. The van der Waals surface area contributed by atoms with Gasteiger partial charge in [-0.1, -0.05) is 15.9 Å². The van der Waals surface area contributed by atoms with Crippen molar-refractivity contribution >= 4 is 26.0 Å². The summed E-state index contributed by atoms with van der Waals surface area (Å²) in [6.45, 7) is 3.00. The molecule has 7 heteroatoms. The predicted molar refractivity (Wildman–Crippen MR) is 79.3 cm³/mol. The van der Waals surface area contributed by atoms with E-state index in [1.54, 1.807) is 22.5 Å². The fourth-order valence-electron chi connectivity index (χ4n) is 3.00. The molecule has 5 nitrogen and oxygen atoms in total. The Labute approximate surface area is 127 Å². The van der Waals surface area contributed by atoms with Gasteiger partial charge in [0, 0.05) is 17.6 Å². The number of nitrogens with one attached hydrogen (secondary N) is 1. The van der Waals surface area contributed by atoms with Crippen molar-refractivity contribution in [2.45, 2.75) is 4.90 Å². The SMILES string of the molecule is COc1ccc(Br)cc1S(=O)(=O)N1CC2CNCC2C1. The summed E-state index contributed by atoms with van der Waals surface area (Å²) in [5.41, 5.74) is 0. The zero-order chi connectivity index (χ0) is 14.3. The van der Waals surface area contributed by atoms with Crippen LogP contribution < -0.4 is 10.1 Å². The highest BCUT2D eigenvalue weighted by Crippen LogP contribution is 2.35. The average molecular weight is 361 g/mol. The van der Waals surface area contributed by atoms with Crippen molar-refractivity contribution in [1.82, 2.24) is 9.62 Å². The lowest BCUT2D eigenvalue weighted by molar-refractivity contribution is 0.396. The molecule has 20 heavy (non-hydrogen) atoms. The molecule has 2 aliphatic heterocycles. The number of ether oxygens (including phenoxy) is 1. The molecule has 2 aliphatic rings. The minimum atomic E-state index is -3.50. The van der Waals surface area contributed by atoms with Crippen LogP contribution in [-0.4, -0.2) is 46.0 Å². The molecular weight excluding hydrogens is 344 g/mol. The van der Waals surface area contributed by atoms with E-state index in [9.17, 15) is 8.42 Å². The Morgan fingerprint density at radius 1 is 1.30 bits per heavy atom. The van der Waals surface area contributed by atoms with Gasteiger partial charge < -0.3 is 10.1 Å². The highest BCUT2D eigenvalue weighted by molar-refractivity contribution is 9.10. The minimum absolute atomic E-state index is 0.238. The lowest BCUT2D eigenvalue weighted by Crippen LogP contribution is -2.32. The Balaban J connectivity index is 1.94. The summed E-state index contributed by atoms with van der Waals surface area (Å²) in [6, 6.07) is 5.07. The molecule has 2 heterocycles. The average Bonchev–Trinajstić information content (AvgIpc) is 2.99. The Hall–Kier alpha value is -0.630. The second-order valence-corrected chi connectivity index (χ2v) is 8.12. The fourth-order valence-corrected chi connectivity index (χ4v) is 5.25. The van der Waals surface area contributed by atoms with Gasteiger partial charge in [0.15, 0.2) is 0 Å². The van der Waals surface area contributed by atoms with Crippen LogP contribution in [0.4, 0.5) is 0 Å². The maximum absolute atomic E-state index is 12.8. The number of nitrogens with zero attached hydrogens (tertiary/aromatic N) is 1. The third-order valence-corrected chi connectivity index (χ3v) is 6.45. The van der Waals surface area contributed by atoms with E-state index in [2.05, 4.69) is 21.2 Å². The summed E-state index contributed by atoms with van der Waals surface area (Å²) < 4.78 is 33.1. The van der Waals surface area contributed by atoms with Crippen molar-refractivity contribution in [3.8, 4) is 5.75 Å².